The van der Waals surface area contributed by atoms with Gasteiger partial charge in [0.15, 0.2) is 0 Å². The Balaban J connectivity index is 2.16. The summed E-state index contributed by atoms with van der Waals surface area (Å²) in [6.07, 6.45) is 2.16. The summed E-state index contributed by atoms with van der Waals surface area (Å²) in [5.74, 6) is 1.16. The molecule has 1 fully saturated rings. The first-order valence-electron chi connectivity index (χ1n) is 4.30. The van der Waals surface area contributed by atoms with E-state index < -0.39 is 0 Å². The van der Waals surface area contributed by atoms with E-state index in [4.69, 9.17) is 9.84 Å². The largest absolute Gasteiger partial charge is 0.394 e. The number of nitrogens with zero attached hydrogens (tertiary/aromatic N) is 1. The Hall–Kier alpha value is 0.230. The Kier molecular flexibility index (Phi) is 4.99. The molecule has 1 aliphatic heterocycles. The Morgan fingerprint density at radius 1 is 1.67 bits per heavy atom. The van der Waals surface area contributed by atoms with Gasteiger partial charge in [0.05, 0.1) is 19.3 Å². The Morgan fingerprint density at radius 3 is 3.17 bits per heavy atom. The monoisotopic (exact) mass is 191 g/mol. The standard InChI is InChI=1S/C8H17NO2S/c1-12-5-3-9-2-4-11-8(6-9)7-10/h8,10H,2-7H2,1H3. The van der Waals surface area contributed by atoms with Crippen molar-refractivity contribution in [3.8, 4) is 0 Å². The van der Waals surface area contributed by atoms with Gasteiger partial charge >= 0.3 is 0 Å². The molecule has 72 valence electrons. The highest BCUT2D eigenvalue weighted by atomic mass is 32.2. The van der Waals surface area contributed by atoms with Gasteiger partial charge in [0, 0.05) is 25.4 Å². The lowest BCUT2D eigenvalue weighted by Gasteiger charge is -2.31. The molecule has 0 radical (unpaired) electrons. The average Bonchev–Trinajstić information content (AvgIpc) is 2.15. The molecule has 0 saturated carbocycles. The third kappa shape index (κ3) is 3.31. The summed E-state index contributed by atoms with van der Waals surface area (Å²) >= 11 is 1.86. The van der Waals surface area contributed by atoms with Gasteiger partial charge in [0.1, 0.15) is 0 Å². The number of morpholine rings is 1. The topological polar surface area (TPSA) is 32.7 Å². The fourth-order valence-corrected chi connectivity index (χ4v) is 1.76. The van der Waals surface area contributed by atoms with Crippen LogP contribution >= 0.6 is 11.8 Å². The molecule has 1 atom stereocenters. The number of hydrogen-bond donors (Lipinski definition) is 1. The van der Waals surface area contributed by atoms with Crippen LogP contribution in [0.3, 0.4) is 0 Å². The second-order valence-electron chi connectivity index (χ2n) is 2.97. The van der Waals surface area contributed by atoms with Crippen LogP contribution in [0.15, 0.2) is 0 Å². The van der Waals surface area contributed by atoms with Crippen LogP contribution in [0.5, 0.6) is 0 Å². The quantitative estimate of drug-likeness (QED) is 0.680. The normalized spacial score (nSPS) is 26.0. The van der Waals surface area contributed by atoms with Gasteiger partial charge in [-0.05, 0) is 6.26 Å². The lowest BCUT2D eigenvalue weighted by molar-refractivity contribution is -0.0509. The minimum absolute atomic E-state index is 0.0422. The van der Waals surface area contributed by atoms with Crippen LogP contribution in [0.2, 0.25) is 0 Å². The van der Waals surface area contributed by atoms with E-state index in [1.807, 2.05) is 11.8 Å². The lowest BCUT2D eigenvalue weighted by Crippen LogP contribution is -2.44. The molecule has 0 aromatic rings. The summed E-state index contributed by atoms with van der Waals surface area (Å²) in [6.45, 7) is 3.92. The Morgan fingerprint density at radius 2 is 2.50 bits per heavy atom. The SMILES string of the molecule is CSCCN1CCOC(CO)C1. The van der Waals surface area contributed by atoms with Gasteiger partial charge < -0.3 is 9.84 Å². The third-order valence-corrected chi connectivity index (χ3v) is 2.63. The van der Waals surface area contributed by atoms with E-state index in [2.05, 4.69) is 11.2 Å². The van der Waals surface area contributed by atoms with Crippen molar-refractivity contribution in [3.05, 3.63) is 0 Å². The van der Waals surface area contributed by atoms with Crippen molar-refractivity contribution < 1.29 is 9.84 Å². The predicted molar refractivity (Wildman–Crippen MR) is 51.6 cm³/mol. The fourth-order valence-electron chi connectivity index (χ4n) is 1.31. The van der Waals surface area contributed by atoms with Gasteiger partial charge in [-0.1, -0.05) is 0 Å². The molecule has 0 aliphatic carbocycles. The van der Waals surface area contributed by atoms with Crippen LogP contribution < -0.4 is 0 Å². The van der Waals surface area contributed by atoms with Gasteiger partial charge in [0.2, 0.25) is 0 Å². The maximum atomic E-state index is 8.88. The summed E-state index contributed by atoms with van der Waals surface area (Å²) in [6, 6.07) is 0. The maximum Gasteiger partial charge on any atom is 0.0932 e. The van der Waals surface area contributed by atoms with E-state index in [9.17, 15) is 0 Å². The molecule has 1 rings (SSSR count). The van der Waals surface area contributed by atoms with E-state index >= 15 is 0 Å². The summed E-state index contributed by atoms with van der Waals surface area (Å²) in [5.41, 5.74) is 0. The van der Waals surface area contributed by atoms with Crippen LogP contribution in [-0.4, -0.2) is 61.0 Å². The molecular formula is C8H17NO2S. The number of aliphatic hydroxyl groups excluding tert-OH is 1. The molecule has 1 N–H and O–H groups in total. The van der Waals surface area contributed by atoms with Gasteiger partial charge in [-0.25, -0.2) is 0 Å². The van der Waals surface area contributed by atoms with Crippen LogP contribution in [0, 0.1) is 0 Å². The second-order valence-corrected chi connectivity index (χ2v) is 3.95. The minimum Gasteiger partial charge on any atom is -0.394 e. The van der Waals surface area contributed by atoms with Gasteiger partial charge in [0.25, 0.3) is 0 Å². The van der Waals surface area contributed by atoms with Crippen molar-refractivity contribution in [2.75, 3.05) is 44.9 Å². The first kappa shape index (κ1) is 10.3. The van der Waals surface area contributed by atoms with Crippen LogP contribution in [0.1, 0.15) is 0 Å². The molecular weight excluding hydrogens is 174 g/mol. The molecule has 3 nitrogen and oxygen atoms in total. The molecule has 1 aliphatic rings. The van der Waals surface area contributed by atoms with Gasteiger partial charge in [-0.15, -0.1) is 0 Å². The molecule has 0 amide bonds. The zero-order valence-electron chi connectivity index (χ0n) is 7.53. The zero-order valence-corrected chi connectivity index (χ0v) is 8.35. The molecule has 1 unspecified atom stereocenters. The summed E-state index contributed by atoms with van der Waals surface area (Å²) in [4.78, 5) is 2.35. The summed E-state index contributed by atoms with van der Waals surface area (Å²) < 4.78 is 5.34. The minimum atomic E-state index is 0.0422. The maximum absolute atomic E-state index is 8.88. The highest BCUT2D eigenvalue weighted by molar-refractivity contribution is 7.98. The number of hydrogen-bond acceptors (Lipinski definition) is 4. The highest BCUT2D eigenvalue weighted by Gasteiger charge is 2.18. The fraction of sp³-hybridized carbons (Fsp3) is 1.00. The Bertz CT molecular complexity index is 124. The average molecular weight is 191 g/mol. The van der Waals surface area contributed by atoms with E-state index in [1.54, 1.807) is 0 Å². The number of ether oxygens (including phenoxy) is 1. The van der Waals surface area contributed by atoms with Crippen molar-refractivity contribution in [1.29, 1.82) is 0 Å². The molecule has 0 spiro atoms. The van der Waals surface area contributed by atoms with E-state index in [1.165, 1.54) is 0 Å². The first-order valence-corrected chi connectivity index (χ1v) is 5.70. The Labute approximate surface area is 78.1 Å². The highest BCUT2D eigenvalue weighted by Crippen LogP contribution is 2.05. The van der Waals surface area contributed by atoms with Crippen molar-refractivity contribution in [2.24, 2.45) is 0 Å². The van der Waals surface area contributed by atoms with Crippen LogP contribution in [0.4, 0.5) is 0 Å². The van der Waals surface area contributed by atoms with Crippen LogP contribution in [0.25, 0.3) is 0 Å². The smallest absolute Gasteiger partial charge is 0.0932 e. The number of thioether (sulfide) groups is 1. The van der Waals surface area contributed by atoms with Crippen molar-refractivity contribution in [3.63, 3.8) is 0 Å². The van der Waals surface area contributed by atoms with E-state index in [0.717, 1.165) is 32.0 Å². The molecule has 0 bridgehead atoms. The molecule has 1 saturated heterocycles. The molecule has 4 heteroatoms. The van der Waals surface area contributed by atoms with Crippen LogP contribution in [-0.2, 0) is 4.74 Å². The van der Waals surface area contributed by atoms with Crippen molar-refractivity contribution >= 4 is 11.8 Å². The van der Waals surface area contributed by atoms with Crippen molar-refractivity contribution in [2.45, 2.75) is 6.10 Å². The van der Waals surface area contributed by atoms with E-state index in [0.29, 0.717) is 0 Å². The van der Waals surface area contributed by atoms with Gasteiger partial charge in [-0.3, -0.25) is 4.90 Å². The molecule has 12 heavy (non-hydrogen) atoms. The molecule has 0 aromatic heterocycles. The molecule has 1 heterocycles. The molecule has 0 aromatic carbocycles. The zero-order chi connectivity index (χ0) is 8.81. The first-order chi connectivity index (χ1) is 5.86. The number of aliphatic hydroxyl groups is 1. The second kappa shape index (κ2) is 5.80. The van der Waals surface area contributed by atoms with Crippen molar-refractivity contribution in [1.82, 2.24) is 4.90 Å². The summed E-state index contributed by atoms with van der Waals surface area (Å²) in [7, 11) is 0. The lowest BCUT2D eigenvalue weighted by atomic mass is 10.3. The number of rotatable bonds is 4. The summed E-state index contributed by atoms with van der Waals surface area (Å²) in [5, 5.41) is 8.88. The van der Waals surface area contributed by atoms with E-state index in [-0.39, 0.29) is 12.7 Å². The third-order valence-electron chi connectivity index (χ3n) is 2.04. The van der Waals surface area contributed by atoms with Gasteiger partial charge in [-0.2, -0.15) is 11.8 Å². The predicted octanol–water partition coefficient (Wildman–Crippen LogP) is 0.0425.